The van der Waals surface area contributed by atoms with Crippen LogP contribution < -0.4 is 5.32 Å². The van der Waals surface area contributed by atoms with Gasteiger partial charge < -0.3 is 10.2 Å². The second kappa shape index (κ2) is 7.22. The maximum Gasteiger partial charge on any atom is 0.151 e. The van der Waals surface area contributed by atoms with Crippen molar-refractivity contribution < 1.29 is 8.78 Å². The first kappa shape index (κ1) is 18.0. The molecule has 0 radical (unpaired) electrons. The van der Waals surface area contributed by atoms with Gasteiger partial charge >= 0.3 is 0 Å². The van der Waals surface area contributed by atoms with Crippen LogP contribution in [0.1, 0.15) is 29.8 Å². The number of nitrogens with one attached hydrogen (secondary N) is 1. The van der Waals surface area contributed by atoms with Crippen molar-refractivity contribution in [2.45, 2.75) is 39.3 Å². The molecule has 1 unspecified atom stereocenters. The highest BCUT2D eigenvalue weighted by Gasteiger charge is 2.32. The van der Waals surface area contributed by atoms with Crippen LogP contribution in [0.5, 0.6) is 0 Å². The third kappa shape index (κ3) is 3.90. The van der Waals surface area contributed by atoms with Gasteiger partial charge in [-0.3, -0.25) is 0 Å². The van der Waals surface area contributed by atoms with Crippen molar-refractivity contribution in [2.75, 3.05) is 20.6 Å². The molecule has 0 spiro atoms. The number of rotatable bonds is 7. The molecular formula is C19H26F2N4. The predicted molar refractivity (Wildman–Crippen MR) is 94.9 cm³/mol. The van der Waals surface area contributed by atoms with E-state index in [1.54, 1.807) is 4.68 Å². The second-order valence-corrected chi connectivity index (χ2v) is 7.16. The van der Waals surface area contributed by atoms with Crippen molar-refractivity contribution in [1.29, 1.82) is 0 Å². The lowest BCUT2D eigenvalue weighted by Gasteiger charge is -2.24. The first-order valence-electron chi connectivity index (χ1n) is 8.76. The predicted octanol–water partition coefficient (Wildman–Crippen LogP) is 3.20. The first-order valence-corrected chi connectivity index (χ1v) is 8.76. The quantitative estimate of drug-likeness (QED) is 0.834. The molecule has 3 rings (SSSR count). The molecule has 0 aliphatic heterocycles. The fourth-order valence-corrected chi connectivity index (χ4v) is 3.42. The number of nitrogens with zero attached hydrogens (tertiary/aromatic N) is 3. The molecule has 1 aliphatic carbocycles. The zero-order valence-electron chi connectivity index (χ0n) is 15.3. The van der Waals surface area contributed by atoms with Crippen LogP contribution in [-0.2, 0) is 6.54 Å². The molecule has 1 fully saturated rings. The van der Waals surface area contributed by atoms with E-state index in [9.17, 15) is 8.78 Å². The number of hydrogen-bond donors (Lipinski definition) is 1. The number of benzene rings is 1. The Morgan fingerprint density at radius 3 is 2.60 bits per heavy atom. The molecule has 0 bridgehead atoms. The van der Waals surface area contributed by atoms with Gasteiger partial charge in [-0.05, 0) is 58.8 Å². The largest absolute Gasteiger partial charge is 0.311 e. The van der Waals surface area contributed by atoms with Crippen molar-refractivity contribution in [1.82, 2.24) is 20.0 Å². The Hall–Kier alpha value is -1.79. The van der Waals surface area contributed by atoms with Gasteiger partial charge in [0.05, 0.1) is 5.69 Å². The Labute approximate surface area is 147 Å². The topological polar surface area (TPSA) is 33.1 Å². The molecule has 6 heteroatoms. The fraction of sp³-hybridized carbons (Fsp3) is 0.526. The maximum absolute atomic E-state index is 14.1. The number of aromatic nitrogens is 2. The van der Waals surface area contributed by atoms with Crippen LogP contribution in [0.4, 0.5) is 8.78 Å². The van der Waals surface area contributed by atoms with Gasteiger partial charge in [0, 0.05) is 36.5 Å². The van der Waals surface area contributed by atoms with E-state index in [4.69, 9.17) is 0 Å². The van der Waals surface area contributed by atoms with E-state index in [-0.39, 0.29) is 5.69 Å². The van der Waals surface area contributed by atoms with Crippen LogP contribution in [0.15, 0.2) is 18.2 Å². The van der Waals surface area contributed by atoms with Crippen LogP contribution in [0.2, 0.25) is 0 Å². The highest BCUT2D eigenvalue weighted by molar-refractivity contribution is 5.38. The summed E-state index contributed by atoms with van der Waals surface area (Å²) in [7, 11) is 4.24. The Bertz CT molecular complexity index is 748. The van der Waals surface area contributed by atoms with E-state index >= 15 is 0 Å². The number of likely N-dealkylation sites (N-methyl/N-ethyl adjacent to an activating group) is 1. The number of aryl methyl sites for hydroxylation is 1. The molecule has 1 N–H and O–H groups in total. The van der Waals surface area contributed by atoms with Crippen LogP contribution in [0, 0.1) is 31.4 Å². The maximum atomic E-state index is 14.1. The van der Waals surface area contributed by atoms with Crippen LogP contribution in [-0.4, -0.2) is 41.4 Å². The summed E-state index contributed by atoms with van der Waals surface area (Å²) in [5.74, 6) is -0.397. The lowest BCUT2D eigenvalue weighted by atomic mass is 10.1. The summed E-state index contributed by atoms with van der Waals surface area (Å²) in [4.78, 5) is 2.28. The van der Waals surface area contributed by atoms with Gasteiger partial charge in [-0.1, -0.05) is 0 Å². The molecule has 25 heavy (non-hydrogen) atoms. The highest BCUT2D eigenvalue weighted by atomic mass is 19.1. The molecular weight excluding hydrogens is 322 g/mol. The normalized spacial score (nSPS) is 15.8. The lowest BCUT2D eigenvalue weighted by molar-refractivity contribution is 0.255. The van der Waals surface area contributed by atoms with Crippen molar-refractivity contribution in [3.8, 4) is 5.69 Å². The Kier molecular flexibility index (Phi) is 5.20. The average Bonchev–Trinajstić information content (AvgIpc) is 3.32. The third-order valence-corrected chi connectivity index (χ3v) is 5.06. The standard InChI is InChI=1S/C19H26F2N4/c1-12-16(10-22-11-19(24(3)4)14-5-6-14)13(2)25(23-12)18-8-7-15(20)9-17(18)21/h7-9,14,19,22H,5-6,10-11H2,1-4H3. The van der Waals surface area contributed by atoms with Crippen LogP contribution >= 0.6 is 0 Å². The molecule has 1 saturated carbocycles. The van der Waals surface area contributed by atoms with Crippen LogP contribution in [0.25, 0.3) is 5.69 Å². The third-order valence-electron chi connectivity index (χ3n) is 5.06. The summed E-state index contributed by atoms with van der Waals surface area (Å²) in [5, 5.41) is 7.98. The smallest absolute Gasteiger partial charge is 0.151 e. The van der Waals surface area contributed by atoms with Gasteiger partial charge in [0.15, 0.2) is 5.82 Å². The molecule has 1 aliphatic rings. The van der Waals surface area contributed by atoms with Gasteiger partial charge in [-0.2, -0.15) is 5.10 Å². The van der Waals surface area contributed by atoms with E-state index in [1.165, 1.54) is 25.0 Å². The first-order chi connectivity index (χ1) is 11.9. The Morgan fingerprint density at radius 2 is 2.00 bits per heavy atom. The SMILES string of the molecule is Cc1nn(-c2ccc(F)cc2F)c(C)c1CNCC(C1CC1)N(C)C. The molecule has 4 nitrogen and oxygen atoms in total. The average molecular weight is 348 g/mol. The molecule has 136 valence electrons. The van der Waals surface area contributed by atoms with Crippen molar-refractivity contribution in [2.24, 2.45) is 5.92 Å². The van der Waals surface area contributed by atoms with Crippen molar-refractivity contribution in [3.05, 3.63) is 46.8 Å². The minimum Gasteiger partial charge on any atom is -0.311 e. The lowest BCUT2D eigenvalue weighted by Crippen LogP contribution is -2.39. The Balaban J connectivity index is 1.73. The summed E-state index contributed by atoms with van der Waals surface area (Å²) >= 11 is 0. The summed E-state index contributed by atoms with van der Waals surface area (Å²) in [5.41, 5.74) is 3.08. The summed E-state index contributed by atoms with van der Waals surface area (Å²) < 4.78 is 28.8. The van der Waals surface area contributed by atoms with Gasteiger partial charge in [-0.15, -0.1) is 0 Å². The molecule has 0 amide bonds. The molecule has 1 heterocycles. The molecule has 1 atom stereocenters. The van der Waals surface area contributed by atoms with E-state index in [2.05, 4.69) is 29.4 Å². The summed E-state index contributed by atoms with van der Waals surface area (Å²) in [6, 6.07) is 4.12. The van der Waals surface area contributed by atoms with Gasteiger partial charge in [0.2, 0.25) is 0 Å². The van der Waals surface area contributed by atoms with Crippen molar-refractivity contribution in [3.63, 3.8) is 0 Å². The fourth-order valence-electron chi connectivity index (χ4n) is 3.42. The molecule has 1 aromatic carbocycles. The van der Waals surface area contributed by atoms with Gasteiger partial charge in [0.1, 0.15) is 11.5 Å². The van der Waals surface area contributed by atoms with Crippen molar-refractivity contribution >= 4 is 0 Å². The van der Waals surface area contributed by atoms with E-state index in [0.29, 0.717) is 12.6 Å². The molecule has 0 saturated heterocycles. The minimum absolute atomic E-state index is 0.275. The minimum atomic E-state index is -0.605. The van der Waals surface area contributed by atoms with E-state index < -0.39 is 11.6 Å². The zero-order valence-corrected chi connectivity index (χ0v) is 15.3. The highest BCUT2D eigenvalue weighted by Crippen LogP contribution is 2.34. The van der Waals surface area contributed by atoms with Gasteiger partial charge in [0.25, 0.3) is 0 Å². The molecule has 1 aromatic heterocycles. The zero-order chi connectivity index (χ0) is 18.1. The van der Waals surface area contributed by atoms with E-state index in [1.807, 2.05) is 13.8 Å². The van der Waals surface area contributed by atoms with Gasteiger partial charge in [-0.25, -0.2) is 13.5 Å². The second-order valence-electron chi connectivity index (χ2n) is 7.16. The summed E-state index contributed by atoms with van der Waals surface area (Å²) in [6.45, 7) is 5.46. The summed E-state index contributed by atoms with van der Waals surface area (Å²) in [6.07, 6.45) is 2.62. The Morgan fingerprint density at radius 1 is 1.28 bits per heavy atom. The number of hydrogen-bond acceptors (Lipinski definition) is 3. The van der Waals surface area contributed by atoms with Crippen LogP contribution in [0.3, 0.4) is 0 Å². The number of halogens is 2. The van der Waals surface area contributed by atoms with E-state index in [0.717, 1.165) is 35.5 Å². The molecule has 2 aromatic rings. The monoisotopic (exact) mass is 348 g/mol.